The van der Waals surface area contributed by atoms with Crippen LogP contribution in [0.25, 0.3) is 0 Å². The zero-order chi connectivity index (χ0) is 15.5. The Balaban J connectivity index is 1.85. The second-order valence-electron chi connectivity index (χ2n) is 5.27. The normalized spacial score (nSPS) is 22.2. The number of halogens is 1. The van der Waals surface area contributed by atoms with Crippen molar-refractivity contribution >= 4 is 25.6 Å². The molecule has 0 aromatic heterocycles. The Labute approximate surface area is 129 Å². The van der Waals surface area contributed by atoms with Crippen LogP contribution in [0, 0.1) is 0 Å². The number of nitrogens with one attached hydrogen (secondary N) is 1. The fourth-order valence-electron chi connectivity index (χ4n) is 2.28. The maximum absolute atomic E-state index is 12.0. The van der Waals surface area contributed by atoms with Crippen molar-refractivity contribution in [1.29, 1.82) is 0 Å². The molecule has 0 spiro atoms. The summed E-state index contributed by atoms with van der Waals surface area (Å²) in [5.74, 6) is -0.0973. The third-order valence-corrected chi connectivity index (χ3v) is 4.97. The molecule has 0 aliphatic carbocycles. The van der Waals surface area contributed by atoms with Crippen LogP contribution in [0.1, 0.15) is 25.3 Å². The van der Waals surface area contributed by atoms with Crippen LogP contribution in [-0.4, -0.2) is 33.1 Å². The Bertz CT molecular complexity index is 606. The molecule has 1 aliphatic heterocycles. The number of ether oxygens (including phenoxy) is 1. The smallest absolute Gasteiger partial charge is 0.261 e. The predicted molar refractivity (Wildman–Crippen MR) is 79.8 cm³/mol. The minimum Gasteiger partial charge on any atom is -0.365 e. The molecule has 0 radical (unpaired) electrons. The summed E-state index contributed by atoms with van der Waals surface area (Å²) in [6.45, 7) is 2.90. The SMILES string of the molecule is CC1(C(=O)NCCc2ccc(S(=O)(=O)Cl)cc2)CCCO1. The van der Waals surface area contributed by atoms with Crippen molar-refractivity contribution in [1.82, 2.24) is 5.32 Å². The highest BCUT2D eigenvalue weighted by Gasteiger charge is 2.37. The van der Waals surface area contributed by atoms with Gasteiger partial charge in [0.2, 0.25) is 0 Å². The van der Waals surface area contributed by atoms with E-state index in [0.717, 1.165) is 18.4 Å². The van der Waals surface area contributed by atoms with E-state index in [1.807, 2.05) is 0 Å². The van der Waals surface area contributed by atoms with E-state index in [4.69, 9.17) is 15.4 Å². The Kier molecular flexibility index (Phi) is 4.91. The fraction of sp³-hybridized carbons (Fsp3) is 0.500. The van der Waals surface area contributed by atoms with E-state index in [-0.39, 0.29) is 10.8 Å². The van der Waals surface area contributed by atoms with Gasteiger partial charge in [-0.25, -0.2) is 8.42 Å². The van der Waals surface area contributed by atoms with Crippen molar-refractivity contribution in [3.05, 3.63) is 29.8 Å². The molecule has 0 saturated carbocycles. The first-order valence-corrected chi connectivity index (χ1v) is 9.08. The molecule has 2 rings (SSSR count). The first kappa shape index (κ1) is 16.3. The summed E-state index contributed by atoms with van der Waals surface area (Å²) in [5, 5.41) is 2.85. The molecule has 1 fully saturated rings. The average Bonchev–Trinajstić information content (AvgIpc) is 2.86. The summed E-state index contributed by atoms with van der Waals surface area (Å²) < 4.78 is 27.7. The number of rotatable bonds is 5. The summed E-state index contributed by atoms with van der Waals surface area (Å²) in [6.07, 6.45) is 2.25. The molecule has 7 heteroatoms. The lowest BCUT2D eigenvalue weighted by Crippen LogP contribution is -2.44. The molecule has 1 atom stereocenters. The Morgan fingerprint density at radius 1 is 1.38 bits per heavy atom. The molecule has 116 valence electrons. The minimum absolute atomic E-state index is 0.0730. The van der Waals surface area contributed by atoms with Crippen molar-refractivity contribution in [2.75, 3.05) is 13.2 Å². The van der Waals surface area contributed by atoms with E-state index in [1.165, 1.54) is 12.1 Å². The standard InChI is InChI=1S/C14H18ClNO4S/c1-14(8-2-10-20-14)13(17)16-9-7-11-3-5-12(6-4-11)21(15,18)19/h3-6H,2,7-10H2,1H3,(H,16,17). The van der Waals surface area contributed by atoms with Crippen molar-refractivity contribution in [2.24, 2.45) is 0 Å². The summed E-state index contributed by atoms with van der Waals surface area (Å²) >= 11 is 0. The van der Waals surface area contributed by atoms with Crippen LogP contribution in [0.2, 0.25) is 0 Å². The van der Waals surface area contributed by atoms with Gasteiger partial charge in [0.1, 0.15) is 5.60 Å². The topological polar surface area (TPSA) is 72.5 Å². The van der Waals surface area contributed by atoms with Gasteiger partial charge in [-0.1, -0.05) is 12.1 Å². The third kappa shape index (κ3) is 4.18. The molecule has 1 aromatic rings. The number of hydrogen-bond donors (Lipinski definition) is 1. The first-order chi connectivity index (χ1) is 9.81. The molecular weight excluding hydrogens is 314 g/mol. The summed E-state index contributed by atoms with van der Waals surface area (Å²) in [5.41, 5.74) is 0.216. The third-order valence-electron chi connectivity index (χ3n) is 3.60. The zero-order valence-corrected chi connectivity index (χ0v) is 13.3. The summed E-state index contributed by atoms with van der Waals surface area (Å²) in [7, 11) is 1.56. The predicted octanol–water partition coefficient (Wildman–Crippen LogP) is 1.84. The van der Waals surface area contributed by atoms with Gasteiger partial charge in [0.15, 0.2) is 0 Å². The van der Waals surface area contributed by atoms with Crippen LogP contribution < -0.4 is 5.32 Å². The van der Waals surface area contributed by atoms with Crippen molar-refractivity contribution in [2.45, 2.75) is 36.7 Å². The van der Waals surface area contributed by atoms with Crippen LogP contribution in [0.5, 0.6) is 0 Å². The summed E-state index contributed by atoms with van der Waals surface area (Å²) in [6, 6.07) is 6.30. The lowest BCUT2D eigenvalue weighted by Gasteiger charge is -2.21. The number of amides is 1. The number of carbonyl (C=O) groups excluding carboxylic acids is 1. The summed E-state index contributed by atoms with van der Waals surface area (Å²) in [4.78, 5) is 12.1. The molecule has 1 unspecified atom stereocenters. The van der Waals surface area contributed by atoms with E-state index in [2.05, 4.69) is 5.32 Å². The molecular formula is C14H18ClNO4S. The van der Waals surface area contributed by atoms with Crippen molar-refractivity contribution in [3.63, 3.8) is 0 Å². The fourth-order valence-corrected chi connectivity index (χ4v) is 3.05. The molecule has 0 bridgehead atoms. The molecule has 5 nitrogen and oxygen atoms in total. The quantitative estimate of drug-likeness (QED) is 0.836. The van der Waals surface area contributed by atoms with Gasteiger partial charge in [-0.05, 0) is 43.9 Å². The van der Waals surface area contributed by atoms with Gasteiger partial charge in [-0.3, -0.25) is 4.79 Å². The Morgan fingerprint density at radius 3 is 2.57 bits per heavy atom. The maximum atomic E-state index is 12.0. The van der Waals surface area contributed by atoms with Crippen LogP contribution in [-0.2, 0) is 25.0 Å². The molecule has 1 aromatic carbocycles. The lowest BCUT2D eigenvalue weighted by atomic mass is 10.0. The van der Waals surface area contributed by atoms with Gasteiger partial charge < -0.3 is 10.1 Å². The second-order valence-corrected chi connectivity index (χ2v) is 7.84. The molecule has 1 N–H and O–H groups in total. The number of hydrogen-bond acceptors (Lipinski definition) is 4. The van der Waals surface area contributed by atoms with Crippen LogP contribution in [0.4, 0.5) is 0 Å². The zero-order valence-electron chi connectivity index (χ0n) is 11.8. The van der Waals surface area contributed by atoms with E-state index in [0.29, 0.717) is 19.6 Å². The average molecular weight is 332 g/mol. The number of carbonyl (C=O) groups is 1. The highest BCUT2D eigenvalue weighted by molar-refractivity contribution is 8.13. The van der Waals surface area contributed by atoms with Crippen molar-refractivity contribution in [3.8, 4) is 0 Å². The lowest BCUT2D eigenvalue weighted by molar-refractivity contribution is -0.139. The maximum Gasteiger partial charge on any atom is 0.261 e. The van der Waals surface area contributed by atoms with E-state index in [9.17, 15) is 13.2 Å². The monoisotopic (exact) mass is 331 g/mol. The van der Waals surface area contributed by atoms with Crippen LogP contribution >= 0.6 is 10.7 Å². The molecule has 21 heavy (non-hydrogen) atoms. The minimum atomic E-state index is -3.69. The van der Waals surface area contributed by atoms with E-state index >= 15 is 0 Å². The highest BCUT2D eigenvalue weighted by Crippen LogP contribution is 2.24. The largest absolute Gasteiger partial charge is 0.365 e. The second kappa shape index (κ2) is 6.34. The highest BCUT2D eigenvalue weighted by atomic mass is 35.7. The molecule has 1 amide bonds. The Hall–Kier alpha value is -1.11. The van der Waals surface area contributed by atoms with Gasteiger partial charge in [0.25, 0.3) is 15.0 Å². The molecule has 1 aliphatic rings. The molecule has 1 saturated heterocycles. The van der Waals surface area contributed by atoms with Gasteiger partial charge in [0, 0.05) is 23.8 Å². The van der Waals surface area contributed by atoms with Gasteiger partial charge in [-0.2, -0.15) is 0 Å². The van der Waals surface area contributed by atoms with Gasteiger partial charge in [-0.15, -0.1) is 0 Å². The van der Waals surface area contributed by atoms with Gasteiger partial charge in [0.05, 0.1) is 4.90 Å². The first-order valence-electron chi connectivity index (χ1n) is 6.77. The van der Waals surface area contributed by atoms with Gasteiger partial charge >= 0.3 is 0 Å². The molecule has 1 heterocycles. The van der Waals surface area contributed by atoms with E-state index < -0.39 is 14.7 Å². The van der Waals surface area contributed by atoms with Crippen LogP contribution in [0.3, 0.4) is 0 Å². The van der Waals surface area contributed by atoms with Crippen molar-refractivity contribution < 1.29 is 17.9 Å². The Morgan fingerprint density at radius 2 is 2.05 bits per heavy atom. The van der Waals surface area contributed by atoms with Crippen LogP contribution in [0.15, 0.2) is 29.2 Å². The van der Waals surface area contributed by atoms with E-state index in [1.54, 1.807) is 19.1 Å². The number of benzene rings is 1.